The molecule has 1 heterocycles. The maximum absolute atomic E-state index is 6.16. The summed E-state index contributed by atoms with van der Waals surface area (Å²) in [7, 11) is 2.07. The molecule has 0 fully saturated rings. The first-order valence-corrected chi connectivity index (χ1v) is 6.93. The Balaban J connectivity index is 2.05. The van der Waals surface area contributed by atoms with Crippen molar-refractivity contribution in [3.8, 4) is 0 Å². The largest absolute Gasteiger partial charge is 0.399 e. The van der Waals surface area contributed by atoms with E-state index in [0.29, 0.717) is 0 Å². The molecule has 2 rings (SSSR count). The standard InChI is InChI=1S/C13H16ClN3S/c1-9-13(18-8-16-9)7-17(2)6-10-5-11(15)3-4-12(10)14/h3-5,8H,6-7,15H2,1-2H3. The molecule has 0 bridgehead atoms. The number of rotatable bonds is 4. The molecule has 3 nitrogen and oxygen atoms in total. The highest BCUT2D eigenvalue weighted by Gasteiger charge is 2.08. The van der Waals surface area contributed by atoms with Crippen molar-refractivity contribution in [2.24, 2.45) is 0 Å². The minimum Gasteiger partial charge on any atom is -0.399 e. The van der Waals surface area contributed by atoms with Crippen molar-refractivity contribution in [1.29, 1.82) is 0 Å². The zero-order chi connectivity index (χ0) is 13.1. The third-order valence-electron chi connectivity index (χ3n) is 2.77. The van der Waals surface area contributed by atoms with E-state index in [0.717, 1.165) is 35.1 Å². The number of nitrogens with zero attached hydrogens (tertiary/aromatic N) is 2. The molecule has 0 amide bonds. The molecule has 2 N–H and O–H groups in total. The first-order chi connectivity index (χ1) is 8.56. The second-order valence-electron chi connectivity index (χ2n) is 4.38. The van der Waals surface area contributed by atoms with Gasteiger partial charge in [-0.25, -0.2) is 4.98 Å². The van der Waals surface area contributed by atoms with Gasteiger partial charge < -0.3 is 5.73 Å². The number of aromatic nitrogens is 1. The van der Waals surface area contributed by atoms with Crippen LogP contribution in [0.25, 0.3) is 0 Å². The average molecular weight is 282 g/mol. The van der Waals surface area contributed by atoms with Gasteiger partial charge in [-0.3, -0.25) is 4.90 Å². The lowest BCUT2D eigenvalue weighted by molar-refractivity contribution is 0.321. The molecule has 0 saturated carbocycles. The fraction of sp³-hybridized carbons (Fsp3) is 0.308. The van der Waals surface area contributed by atoms with Crippen molar-refractivity contribution in [3.63, 3.8) is 0 Å². The molecule has 0 radical (unpaired) electrons. The number of aryl methyl sites for hydroxylation is 1. The van der Waals surface area contributed by atoms with Crippen molar-refractivity contribution in [3.05, 3.63) is 44.9 Å². The highest BCUT2D eigenvalue weighted by molar-refractivity contribution is 7.09. The summed E-state index contributed by atoms with van der Waals surface area (Å²) >= 11 is 7.85. The molecule has 18 heavy (non-hydrogen) atoms. The molecular formula is C13H16ClN3S. The molecule has 0 aliphatic carbocycles. The zero-order valence-electron chi connectivity index (χ0n) is 10.5. The zero-order valence-corrected chi connectivity index (χ0v) is 12.1. The second kappa shape index (κ2) is 5.69. The number of anilines is 1. The molecule has 2 aromatic rings. The summed E-state index contributed by atoms with van der Waals surface area (Å²) in [6.45, 7) is 3.69. The topological polar surface area (TPSA) is 42.2 Å². The van der Waals surface area contributed by atoms with E-state index in [9.17, 15) is 0 Å². The first kappa shape index (κ1) is 13.3. The molecule has 0 spiro atoms. The van der Waals surface area contributed by atoms with E-state index >= 15 is 0 Å². The summed E-state index contributed by atoms with van der Waals surface area (Å²) < 4.78 is 0. The molecule has 0 saturated heterocycles. The number of hydrogen-bond acceptors (Lipinski definition) is 4. The minimum atomic E-state index is 0.747. The summed E-state index contributed by atoms with van der Waals surface area (Å²) in [5, 5.41) is 0.761. The number of nitrogens with two attached hydrogens (primary N) is 1. The Morgan fingerprint density at radius 2 is 2.17 bits per heavy atom. The predicted octanol–water partition coefficient (Wildman–Crippen LogP) is 3.32. The molecule has 1 aromatic heterocycles. The molecule has 0 aliphatic heterocycles. The van der Waals surface area contributed by atoms with Crippen LogP contribution >= 0.6 is 22.9 Å². The average Bonchev–Trinajstić information content (AvgIpc) is 2.70. The van der Waals surface area contributed by atoms with Crippen molar-refractivity contribution in [2.75, 3.05) is 12.8 Å². The summed E-state index contributed by atoms with van der Waals surface area (Å²) in [6, 6.07) is 5.59. The maximum atomic E-state index is 6.16. The van der Waals surface area contributed by atoms with Gasteiger partial charge in [0.05, 0.1) is 11.2 Å². The summed E-state index contributed by atoms with van der Waals surface area (Å²) in [4.78, 5) is 7.75. The number of benzene rings is 1. The Bertz CT molecular complexity index is 539. The molecule has 1 aromatic carbocycles. The minimum absolute atomic E-state index is 0.747. The Morgan fingerprint density at radius 3 is 2.83 bits per heavy atom. The van der Waals surface area contributed by atoms with Gasteiger partial charge in [-0.15, -0.1) is 11.3 Å². The summed E-state index contributed by atoms with van der Waals surface area (Å²) in [6.07, 6.45) is 0. The van der Waals surface area contributed by atoms with Crippen LogP contribution in [0, 0.1) is 6.92 Å². The lowest BCUT2D eigenvalue weighted by atomic mass is 10.2. The molecule has 96 valence electrons. The lowest BCUT2D eigenvalue weighted by Gasteiger charge is -2.17. The molecule has 5 heteroatoms. The van der Waals surface area contributed by atoms with E-state index in [-0.39, 0.29) is 0 Å². The van der Waals surface area contributed by atoms with Crippen molar-refractivity contribution >= 4 is 28.6 Å². The summed E-state index contributed by atoms with van der Waals surface area (Å²) in [5.74, 6) is 0. The molecule has 0 unspecified atom stereocenters. The Morgan fingerprint density at radius 1 is 1.39 bits per heavy atom. The Kier molecular flexibility index (Phi) is 4.22. The van der Waals surface area contributed by atoms with Crippen molar-refractivity contribution < 1.29 is 0 Å². The molecule has 0 atom stereocenters. The molecule has 0 aliphatic rings. The third kappa shape index (κ3) is 3.22. The van der Waals surface area contributed by atoms with Gasteiger partial charge in [0.2, 0.25) is 0 Å². The number of thiazole rings is 1. The smallest absolute Gasteiger partial charge is 0.0798 e. The number of nitrogen functional groups attached to an aromatic ring is 1. The van der Waals surface area contributed by atoms with E-state index < -0.39 is 0 Å². The van der Waals surface area contributed by atoms with Crippen LogP contribution in [0.2, 0.25) is 5.02 Å². The van der Waals surface area contributed by atoms with E-state index in [1.807, 2.05) is 30.6 Å². The van der Waals surface area contributed by atoms with Crippen LogP contribution in [-0.4, -0.2) is 16.9 Å². The number of hydrogen-bond donors (Lipinski definition) is 1. The highest BCUT2D eigenvalue weighted by Crippen LogP contribution is 2.22. The predicted molar refractivity (Wildman–Crippen MR) is 77.9 cm³/mol. The first-order valence-electron chi connectivity index (χ1n) is 5.67. The van der Waals surface area contributed by atoms with Gasteiger partial charge in [0.15, 0.2) is 0 Å². The van der Waals surface area contributed by atoms with Crippen LogP contribution < -0.4 is 5.73 Å². The van der Waals surface area contributed by atoms with Crippen LogP contribution in [-0.2, 0) is 13.1 Å². The normalized spacial score (nSPS) is 11.1. The summed E-state index contributed by atoms with van der Waals surface area (Å²) in [5.41, 5.74) is 10.6. The SMILES string of the molecule is Cc1ncsc1CN(C)Cc1cc(N)ccc1Cl. The Hall–Kier alpha value is -1.10. The fourth-order valence-corrected chi connectivity index (χ4v) is 2.82. The van der Waals surface area contributed by atoms with Gasteiger partial charge in [-0.05, 0) is 37.7 Å². The number of halogens is 1. The quantitative estimate of drug-likeness (QED) is 0.874. The monoisotopic (exact) mass is 281 g/mol. The van der Waals surface area contributed by atoms with Crippen molar-refractivity contribution in [1.82, 2.24) is 9.88 Å². The van der Waals surface area contributed by atoms with Gasteiger partial charge in [0, 0.05) is 28.7 Å². The second-order valence-corrected chi connectivity index (χ2v) is 5.73. The maximum Gasteiger partial charge on any atom is 0.0798 e. The van der Waals surface area contributed by atoms with Crippen LogP contribution in [0.4, 0.5) is 5.69 Å². The van der Waals surface area contributed by atoms with Gasteiger partial charge in [0.25, 0.3) is 0 Å². The van der Waals surface area contributed by atoms with Gasteiger partial charge in [0.1, 0.15) is 0 Å². The van der Waals surface area contributed by atoms with Crippen molar-refractivity contribution in [2.45, 2.75) is 20.0 Å². The lowest BCUT2D eigenvalue weighted by Crippen LogP contribution is -2.17. The van der Waals surface area contributed by atoms with Crippen LogP contribution in [0.3, 0.4) is 0 Å². The van der Waals surface area contributed by atoms with Gasteiger partial charge in [-0.2, -0.15) is 0 Å². The van der Waals surface area contributed by atoms with E-state index in [1.54, 1.807) is 11.3 Å². The van der Waals surface area contributed by atoms with E-state index in [2.05, 4.69) is 16.9 Å². The van der Waals surface area contributed by atoms with Crippen LogP contribution in [0.1, 0.15) is 16.1 Å². The van der Waals surface area contributed by atoms with E-state index in [4.69, 9.17) is 17.3 Å². The van der Waals surface area contributed by atoms with Gasteiger partial charge >= 0.3 is 0 Å². The molecular weight excluding hydrogens is 266 g/mol. The Labute approximate surface area is 116 Å². The third-order valence-corrected chi connectivity index (χ3v) is 4.06. The van der Waals surface area contributed by atoms with E-state index in [1.165, 1.54) is 4.88 Å². The van der Waals surface area contributed by atoms with Gasteiger partial charge in [-0.1, -0.05) is 11.6 Å². The van der Waals surface area contributed by atoms with Crippen LogP contribution in [0.5, 0.6) is 0 Å². The fourth-order valence-electron chi connectivity index (χ4n) is 1.79. The highest BCUT2D eigenvalue weighted by atomic mass is 35.5. The van der Waals surface area contributed by atoms with Crippen LogP contribution in [0.15, 0.2) is 23.7 Å².